The smallest absolute Gasteiger partial charge is 0.352 e. The summed E-state index contributed by atoms with van der Waals surface area (Å²) in [6, 6.07) is 16.9. The maximum absolute atomic E-state index is 13.8. The van der Waals surface area contributed by atoms with Gasteiger partial charge in [-0.05, 0) is 48.4 Å². The average Bonchev–Trinajstić information content (AvgIpc) is 2.72. The third-order valence-corrected chi connectivity index (χ3v) is 4.33. The molecule has 0 saturated heterocycles. The minimum atomic E-state index is -1.41. The molecule has 0 saturated carbocycles. The van der Waals surface area contributed by atoms with E-state index in [1.807, 2.05) is 31.2 Å². The molecule has 0 bridgehead atoms. The number of aliphatic carboxylic acids is 1. The molecule has 0 spiro atoms. The van der Waals surface area contributed by atoms with E-state index in [0.29, 0.717) is 24.0 Å². The number of amides is 1. The molecule has 158 valence electrons. The van der Waals surface area contributed by atoms with Crippen LogP contribution in [0.4, 0.5) is 8.78 Å². The summed E-state index contributed by atoms with van der Waals surface area (Å²) >= 11 is 0. The fourth-order valence-electron chi connectivity index (χ4n) is 2.81. The minimum Gasteiger partial charge on any atom is -0.489 e. The van der Waals surface area contributed by atoms with Crippen molar-refractivity contribution in [2.45, 2.75) is 13.5 Å². The maximum Gasteiger partial charge on any atom is 0.352 e. The molecule has 0 aliphatic carbocycles. The van der Waals surface area contributed by atoms with Gasteiger partial charge in [-0.15, -0.1) is 0 Å². The van der Waals surface area contributed by atoms with Crippen molar-refractivity contribution in [1.29, 1.82) is 0 Å². The second kappa shape index (κ2) is 9.67. The van der Waals surface area contributed by atoms with E-state index in [9.17, 15) is 23.5 Å². The molecule has 0 unspecified atom stereocenters. The van der Waals surface area contributed by atoms with E-state index < -0.39 is 34.8 Å². The summed E-state index contributed by atoms with van der Waals surface area (Å²) in [5, 5.41) is 11.5. The Hall–Kier alpha value is -4.00. The first-order valence-electron chi connectivity index (χ1n) is 9.31. The Morgan fingerprint density at radius 1 is 1.03 bits per heavy atom. The lowest BCUT2D eigenvalue weighted by Crippen LogP contribution is -2.28. The predicted molar refractivity (Wildman–Crippen MR) is 111 cm³/mol. The molecule has 0 radical (unpaired) electrons. The molecule has 0 fully saturated rings. The van der Waals surface area contributed by atoms with Gasteiger partial charge in [0.05, 0.1) is 5.56 Å². The van der Waals surface area contributed by atoms with E-state index in [2.05, 4.69) is 5.32 Å². The largest absolute Gasteiger partial charge is 0.489 e. The lowest BCUT2D eigenvalue weighted by atomic mass is 10.1. The number of hydrogen-bond acceptors (Lipinski definition) is 3. The first-order chi connectivity index (χ1) is 14.8. The van der Waals surface area contributed by atoms with Crippen LogP contribution in [0.5, 0.6) is 5.75 Å². The van der Waals surface area contributed by atoms with Crippen LogP contribution < -0.4 is 10.1 Å². The number of aryl methyl sites for hydroxylation is 1. The zero-order chi connectivity index (χ0) is 22.4. The zero-order valence-corrected chi connectivity index (χ0v) is 16.6. The van der Waals surface area contributed by atoms with E-state index in [4.69, 9.17) is 4.74 Å². The molecule has 3 rings (SSSR count). The van der Waals surface area contributed by atoms with Crippen molar-refractivity contribution in [3.8, 4) is 5.75 Å². The number of hydrogen-bond donors (Lipinski definition) is 2. The van der Waals surface area contributed by atoms with Gasteiger partial charge in [0, 0.05) is 6.07 Å². The van der Waals surface area contributed by atoms with Gasteiger partial charge in [0.1, 0.15) is 29.7 Å². The van der Waals surface area contributed by atoms with Crippen LogP contribution in [0.3, 0.4) is 0 Å². The third kappa shape index (κ3) is 5.99. The predicted octanol–water partition coefficient (Wildman–Crippen LogP) is 4.71. The van der Waals surface area contributed by atoms with Crippen LogP contribution in [0.25, 0.3) is 6.08 Å². The minimum absolute atomic E-state index is 0.385. The van der Waals surface area contributed by atoms with Crippen molar-refractivity contribution in [2.75, 3.05) is 0 Å². The van der Waals surface area contributed by atoms with E-state index in [-0.39, 0.29) is 0 Å². The van der Waals surface area contributed by atoms with Gasteiger partial charge in [0.25, 0.3) is 5.91 Å². The third-order valence-electron chi connectivity index (χ3n) is 4.33. The van der Waals surface area contributed by atoms with Crippen LogP contribution in [0.2, 0.25) is 0 Å². The lowest BCUT2D eigenvalue weighted by molar-refractivity contribution is -0.132. The number of rotatable bonds is 7. The lowest BCUT2D eigenvalue weighted by Gasteiger charge is -2.09. The van der Waals surface area contributed by atoms with Crippen LogP contribution in [-0.2, 0) is 11.4 Å². The van der Waals surface area contributed by atoms with E-state index in [0.717, 1.165) is 23.3 Å². The highest BCUT2D eigenvalue weighted by Crippen LogP contribution is 2.17. The van der Waals surface area contributed by atoms with Crippen molar-refractivity contribution >= 4 is 18.0 Å². The average molecular weight is 423 g/mol. The highest BCUT2D eigenvalue weighted by Gasteiger charge is 2.17. The highest BCUT2D eigenvalue weighted by molar-refractivity contribution is 6.02. The summed E-state index contributed by atoms with van der Waals surface area (Å²) in [4.78, 5) is 23.7. The number of nitrogens with one attached hydrogen (secondary N) is 1. The van der Waals surface area contributed by atoms with Crippen LogP contribution in [-0.4, -0.2) is 17.0 Å². The van der Waals surface area contributed by atoms with Crippen molar-refractivity contribution in [2.24, 2.45) is 0 Å². The van der Waals surface area contributed by atoms with Gasteiger partial charge in [0.2, 0.25) is 0 Å². The summed E-state index contributed by atoms with van der Waals surface area (Å²) in [6.45, 7) is 2.38. The van der Waals surface area contributed by atoms with Gasteiger partial charge >= 0.3 is 5.97 Å². The summed E-state index contributed by atoms with van der Waals surface area (Å²) in [6.07, 6.45) is 1.23. The van der Waals surface area contributed by atoms with Gasteiger partial charge in [-0.3, -0.25) is 4.79 Å². The molecule has 2 N–H and O–H groups in total. The Morgan fingerprint density at radius 3 is 2.42 bits per heavy atom. The Bertz CT molecular complexity index is 1140. The second-order valence-corrected chi connectivity index (χ2v) is 6.79. The first kappa shape index (κ1) is 21.7. The molecule has 7 heteroatoms. The van der Waals surface area contributed by atoms with Crippen molar-refractivity contribution in [1.82, 2.24) is 5.32 Å². The van der Waals surface area contributed by atoms with E-state index in [1.165, 1.54) is 6.08 Å². The molecular weight excluding hydrogens is 404 g/mol. The Morgan fingerprint density at radius 2 is 1.77 bits per heavy atom. The molecule has 0 aromatic heterocycles. The maximum atomic E-state index is 13.8. The van der Waals surface area contributed by atoms with E-state index >= 15 is 0 Å². The normalized spacial score (nSPS) is 11.1. The zero-order valence-electron chi connectivity index (χ0n) is 16.6. The van der Waals surface area contributed by atoms with Crippen LogP contribution >= 0.6 is 0 Å². The number of carboxylic acids is 1. The molecule has 1 amide bonds. The first-order valence-corrected chi connectivity index (χ1v) is 9.31. The number of benzene rings is 3. The topological polar surface area (TPSA) is 75.6 Å². The fraction of sp³-hybridized carbons (Fsp3) is 0.0833. The highest BCUT2D eigenvalue weighted by atomic mass is 19.1. The number of carbonyl (C=O) groups is 2. The van der Waals surface area contributed by atoms with Crippen molar-refractivity contribution in [3.63, 3.8) is 0 Å². The fourth-order valence-corrected chi connectivity index (χ4v) is 2.81. The standard InChI is InChI=1S/C24H19F2NO4/c1-15-3-2-4-17(11-15)14-31-19-8-5-16(6-9-19)12-22(24(29)30)27-23(28)20-10-7-18(25)13-21(20)26/h2-13H,14H2,1H3,(H,27,28)(H,29,30)/b22-12+. The summed E-state index contributed by atoms with van der Waals surface area (Å²) in [5.41, 5.74) is 1.72. The molecule has 0 heterocycles. The van der Waals surface area contributed by atoms with Crippen LogP contribution in [0.1, 0.15) is 27.0 Å². The van der Waals surface area contributed by atoms with Gasteiger partial charge in [0.15, 0.2) is 0 Å². The Kier molecular flexibility index (Phi) is 6.77. The molecule has 31 heavy (non-hydrogen) atoms. The van der Waals surface area contributed by atoms with E-state index in [1.54, 1.807) is 24.3 Å². The summed E-state index contributed by atoms with van der Waals surface area (Å²) < 4.78 is 32.5. The van der Waals surface area contributed by atoms with Crippen molar-refractivity contribution < 1.29 is 28.2 Å². The van der Waals surface area contributed by atoms with Gasteiger partial charge in [-0.2, -0.15) is 0 Å². The van der Waals surface area contributed by atoms with Crippen LogP contribution in [0, 0.1) is 18.6 Å². The quantitative estimate of drug-likeness (QED) is 0.540. The van der Waals surface area contributed by atoms with Crippen LogP contribution in [0.15, 0.2) is 72.4 Å². The molecule has 0 atom stereocenters. The number of ether oxygens (including phenoxy) is 1. The summed E-state index contributed by atoms with van der Waals surface area (Å²) in [5.74, 6) is -3.74. The molecule has 0 aliphatic rings. The molecular formula is C24H19F2NO4. The van der Waals surface area contributed by atoms with Gasteiger partial charge in [-0.25, -0.2) is 13.6 Å². The second-order valence-electron chi connectivity index (χ2n) is 6.79. The van der Waals surface area contributed by atoms with Crippen molar-refractivity contribution in [3.05, 3.63) is 106 Å². The number of carbonyl (C=O) groups excluding carboxylic acids is 1. The Balaban J connectivity index is 1.70. The summed E-state index contributed by atoms with van der Waals surface area (Å²) in [7, 11) is 0. The molecule has 3 aromatic carbocycles. The molecule has 0 aliphatic heterocycles. The molecule has 5 nitrogen and oxygen atoms in total. The number of halogens is 2. The SMILES string of the molecule is Cc1cccc(COc2ccc(/C=C(/NC(=O)c3ccc(F)cc3F)C(=O)O)cc2)c1. The monoisotopic (exact) mass is 423 g/mol. The van der Waals surface area contributed by atoms with Gasteiger partial charge in [-0.1, -0.05) is 42.0 Å². The Labute approximate surface area is 177 Å². The van der Waals surface area contributed by atoms with Gasteiger partial charge < -0.3 is 15.2 Å². The molecule has 3 aromatic rings. The number of carboxylic acid groups (broad SMARTS) is 1.